The van der Waals surface area contributed by atoms with Gasteiger partial charge in [-0.05, 0) is 23.3 Å². The molecule has 0 amide bonds. The van der Waals surface area contributed by atoms with Crippen LogP contribution in [0.5, 0.6) is 0 Å². The molecular formula is C13H11ClN2. The van der Waals surface area contributed by atoms with Gasteiger partial charge in [0.15, 0.2) is 0 Å². The Kier molecular flexibility index (Phi) is 3.22. The van der Waals surface area contributed by atoms with Crippen molar-refractivity contribution in [3.8, 4) is 11.1 Å². The van der Waals surface area contributed by atoms with E-state index in [4.69, 9.17) is 17.4 Å². The van der Waals surface area contributed by atoms with Gasteiger partial charge in [-0.1, -0.05) is 48.0 Å². The number of hydrazone groups is 1. The minimum absolute atomic E-state index is 0.719. The summed E-state index contributed by atoms with van der Waals surface area (Å²) in [5.41, 5.74) is 3.11. The monoisotopic (exact) mass is 230 g/mol. The van der Waals surface area contributed by atoms with Gasteiger partial charge in [-0.15, -0.1) is 0 Å². The maximum atomic E-state index is 5.97. The van der Waals surface area contributed by atoms with E-state index < -0.39 is 0 Å². The van der Waals surface area contributed by atoms with E-state index in [0.717, 1.165) is 21.7 Å². The SMILES string of the molecule is NN=Cc1ccccc1-c1cccc(Cl)c1. The molecule has 2 aromatic rings. The Labute approximate surface area is 99.4 Å². The molecule has 0 aliphatic rings. The maximum absolute atomic E-state index is 5.97. The first kappa shape index (κ1) is 10.7. The molecule has 0 saturated carbocycles. The number of halogens is 1. The lowest BCUT2D eigenvalue weighted by atomic mass is 10.0. The van der Waals surface area contributed by atoms with Crippen molar-refractivity contribution in [2.75, 3.05) is 0 Å². The van der Waals surface area contributed by atoms with Crippen molar-refractivity contribution in [3.63, 3.8) is 0 Å². The predicted octanol–water partition coefficient (Wildman–Crippen LogP) is 3.30. The van der Waals surface area contributed by atoms with Crippen molar-refractivity contribution in [2.45, 2.75) is 0 Å². The zero-order valence-electron chi connectivity index (χ0n) is 8.60. The summed E-state index contributed by atoms with van der Waals surface area (Å²) in [5.74, 6) is 5.18. The molecule has 3 heteroatoms. The fourth-order valence-electron chi connectivity index (χ4n) is 1.61. The largest absolute Gasteiger partial charge is 0.323 e. The van der Waals surface area contributed by atoms with Crippen LogP contribution in [0.4, 0.5) is 0 Å². The molecule has 2 N–H and O–H groups in total. The van der Waals surface area contributed by atoms with Crippen LogP contribution in [0.15, 0.2) is 53.6 Å². The smallest absolute Gasteiger partial charge is 0.0544 e. The molecule has 0 radical (unpaired) electrons. The van der Waals surface area contributed by atoms with Gasteiger partial charge in [0.05, 0.1) is 6.21 Å². The van der Waals surface area contributed by atoms with E-state index in [1.807, 2.05) is 48.5 Å². The molecule has 2 rings (SSSR count). The summed E-state index contributed by atoms with van der Waals surface area (Å²) in [7, 11) is 0. The van der Waals surface area contributed by atoms with Crippen LogP contribution in [0.2, 0.25) is 5.02 Å². The highest BCUT2D eigenvalue weighted by Gasteiger charge is 2.02. The van der Waals surface area contributed by atoms with Gasteiger partial charge in [0.2, 0.25) is 0 Å². The van der Waals surface area contributed by atoms with E-state index in [-0.39, 0.29) is 0 Å². The summed E-state index contributed by atoms with van der Waals surface area (Å²) >= 11 is 5.97. The fourth-order valence-corrected chi connectivity index (χ4v) is 1.80. The maximum Gasteiger partial charge on any atom is 0.0544 e. The van der Waals surface area contributed by atoms with Crippen molar-refractivity contribution < 1.29 is 0 Å². The highest BCUT2D eigenvalue weighted by atomic mass is 35.5. The summed E-state index contributed by atoms with van der Waals surface area (Å²) in [5, 5.41) is 4.28. The Hall–Kier alpha value is -1.80. The van der Waals surface area contributed by atoms with Crippen LogP contribution in [0.3, 0.4) is 0 Å². The van der Waals surface area contributed by atoms with Gasteiger partial charge >= 0.3 is 0 Å². The second kappa shape index (κ2) is 4.81. The van der Waals surface area contributed by atoms with Crippen molar-refractivity contribution in [2.24, 2.45) is 10.9 Å². The summed E-state index contributed by atoms with van der Waals surface area (Å²) in [4.78, 5) is 0. The van der Waals surface area contributed by atoms with Gasteiger partial charge in [-0.2, -0.15) is 5.10 Å². The average molecular weight is 231 g/mol. The van der Waals surface area contributed by atoms with E-state index in [9.17, 15) is 0 Å². The summed E-state index contributed by atoms with van der Waals surface area (Å²) in [6.45, 7) is 0. The molecule has 0 unspecified atom stereocenters. The van der Waals surface area contributed by atoms with Crippen LogP contribution in [0.1, 0.15) is 5.56 Å². The summed E-state index contributed by atoms with van der Waals surface area (Å²) in [6.07, 6.45) is 1.64. The van der Waals surface area contributed by atoms with Crippen LogP contribution in [0.25, 0.3) is 11.1 Å². The topological polar surface area (TPSA) is 38.4 Å². The minimum Gasteiger partial charge on any atom is -0.323 e. The molecule has 2 aromatic carbocycles. The van der Waals surface area contributed by atoms with E-state index in [2.05, 4.69) is 5.10 Å². The van der Waals surface area contributed by atoms with E-state index in [1.54, 1.807) is 6.21 Å². The van der Waals surface area contributed by atoms with Gasteiger partial charge in [0, 0.05) is 10.6 Å². The first-order valence-electron chi connectivity index (χ1n) is 4.89. The molecule has 0 aliphatic carbocycles. The minimum atomic E-state index is 0.719. The Bertz CT molecular complexity index is 521. The van der Waals surface area contributed by atoms with Crippen LogP contribution in [-0.4, -0.2) is 6.21 Å². The van der Waals surface area contributed by atoms with E-state index in [1.165, 1.54) is 0 Å². The molecule has 0 spiro atoms. The van der Waals surface area contributed by atoms with Crippen LogP contribution in [0, 0.1) is 0 Å². The number of rotatable bonds is 2. The quantitative estimate of drug-likeness (QED) is 0.480. The standard InChI is InChI=1S/C13H11ClN2/c14-12-6-3-5-10(8-12)13-7-2-1-4-11(13)9-16-15/h1-9H,15H2. The van der Waals surface area contributed by atoms with E-state index >= 15 is 0 Å². The summed E-state index contributed by atoms with van der Waals surface area (Å²) < 4.78 is 0. The lowest BCUT2D eigenvalue weighted by molar-refractivity contribution is 1.26. The predicted molar refractivity (Wildman–Crippen MR) is 68.7 cm³/mol. The normalized spacial score (nSPS) is 10.8. The third-order valence-corrected chi connectivity index (χ3v) is 2.55. The van der Waals surface area contributed by atoms with Gasteiger partial charge in [0.25, 0.3) is 0 Å². The summed E-state index contributed by atoms with van der Waals surface area (Å²) in [6, 6.07) is 15.6. The van der Waals surface area contributed by atoms with Crippen molar-refractivity contribution >= 4 is 17.8 Å². The van der Waals surface area contributed by atoms with Crippen molar-refractivity contribution in [3.05, 3.63) is 59.1 Å². The fraction of sp³-hybridized carbons (Fsp3) is 0. The lowest BCUT2D eigenvalue weighted by Crippen LogP contribution is -1.90. The number of benzene rings is 2. The van der Waals surface area contributed by atoms with Crippen LogP contribution < -0.4 is 5.84 Å². The average Bonchev–Trinajstić information content (AvgIpc) is 2.30. The van der Waals surface area contributed by atoms with Gasteiger partial charge in [-0.25, -0.2) is 0 Å². The van der Waals surface area contributed by atoms with Crippen LogP contribution >= 0.6 is 11.6 Å². The molecule has 0 heterocycles. The van der Waals surface area contributed by atoms with E-state index in [0.29, 0.717) is 0 Å². The Balaban J connectivity index is 2.55. The second-order valence-electron chi connectivity index (χ2n) is 3.38. The number of hydrogen-bond donors (Lipinski definition) is 1. The molecular weight excluding hydrogens is 220 g/mol. The van der Waals surface area contributed by atoms with Gasteiger partial charge < -0.3 is 5.84 Å². The molecule has 0 bridgehead atoms. The molecule has 0 saturated heterocycles. The molecule has 16 heavy (non-hydrogen) atoms. The van der Waals surface area contributed by atoms with Crippen molar-refractivity contribution in [1.29, 1.82) is 0 Å². The number of nitrogens with two attached hydrogens (primary N) is 1. The zero-order chi connectivity index (χ0) is 11.4. The molecule has 0 aromatic heterocycles. The molecule has 0 fully saturated rings. The molecule has 2 nitrogen and oxygen atoms in total. The highest BCUT2D eigenvalue weighted by molar-refractivity contribution is 6.30. The highest BCUT2D eigenvalue weighted by Crippen LogP contribution is 2.25. The molecule has 80 valence electrons. The van der Waals surface area contributed by atoms with Gasteiger partial charge in [0.1, 0.15) is 0 Å². The Morgan fingerprint density at radius 3 is 2.62 bits per heavy atom. The Morgan fingerprint density at radius 1 is 1.06 bits per heavy atom. The first-order valence-corrected chi connectivity index (χ1v) is 5.27. The second-order valence-corrected chi connectivity index (χ2v) is 3.81. The number of hydrogen-bond acceptors (Lipinski definition) is 2. The van der Waals surface area contributed by atoms with Crippen molar-refractivity contribution in [1.82, 2.24) is 0 Å². The van der Waals surface area contributed by atoms with Crippen LogP contribution in [-0.2, 0) is 0 Å². The lowest BCUT2D eigenvalue weighted by Gasteiger charge is -2.05. The zero-order valence-corrected chi connectivity index (χ0v) is 9.35. The molecule has 0 atom stereocenters. The number of nitrogens with zero attached hydrogens (tertiary/aromatic N) is 1. The van der Waals surface area contributed by atoms with Gasteiger partial charge in [-0.3, -0.25) is 0 Å². The third kappa shape index (κ3) is 2.23. The molecule has 0 aliphatic heterocycles. The third-order valence-electron chi connectivity index (χ3n) is 2.31. The first-order chi connectivity index (χ1) is 7.81. The Morgan fingerprint density at radius 2 is 1.88 bits per heavy atom.